The summed E-state index contributed by atoms with van der Waals surface area (Å²) >= 11 is 6.21. The highest BCUT2D eigenvalue weighted by Gasteiger charge is 2.10. The number of amides is 1. The van der Waals surface area contributed by atoms with E-state index in [0.29, 0.717) is 17.2 Å². The van der Waals surface area contributed by atoms with Crippen LogP contribution in [0.4, 0.5) is 0 Å². The number of ether oxygens (including phenoxy) is 1. The topological polar surface area (TPSA) is 76.1 Å². The van der Waals surface area contributed by atoms with Crippen molar-refractivity contribution in [2.24, 2.45) is 5.73 Å². The molecule has 0 aliphatic carbocycles. The number of halogens is 1. The van der Waals surface area contributed by atoms with Crippen LogP contribution in [0.2, 0.25) is 5.02 Å². The minimum atomic E-state index is -0.757. The summed E-state index contributed by atoms with van der Waals surface area (Å²) in [6, 6.07) is 14.7. The molecule has 23 heavy (non-hydrogen) atoms. The molecule has 0 atom stereocenters. The molecular weight excluding hydrogens is 312 g/mol. The van der Waals surface area contributed by atoms with Gasteiger partial charge in [-0.15, -0.1) is 0 Å². The van der Waals surface area contributed by atoms with Crippen LogP contribution in [0.1, 0.15) is 16.7 Å². The Morgan fingerprint density at radius 2 is 2.04 bits per heavy atom. The van der Waals surface area contributed by atoms with Crippen LogP contribution in [0, 0.1) is 11.3 Å². The number of benzene rings is 2. The lowest BCUT2D eigenvalue weighted by atomic mass is 9.97. The summed E-state index contributed by atoms with van der Waals surface area (Å²) in [6.45, 7) is 0. The van der Waals surface area contributed by atoms with Gasteiger partial charge in [0.05, 0.1) is 7.11 Å². The molecule has 0 unspecified atom stereocenters. The number of rotatable bonds is 5. The molecule has 0 saturated carbocycles. The van der Waals surface area contributed by atoms with Gasteiger partial charge in [0, 0.05) is 5.02 Å². The number of methoxy groups -OCH3 is 1. The number of hydrogen-bond acceptors (Lipinski definition) is 3. The van der Waals surface area contributed by atoms with E-state index < -0.39 is 5.91 Å². The molecule has 0 saturated heterocycles. The van der Waals surface area contributed by atoms with Gasteiger partial charge in [-0.2, -0.15) is 5.26 Å². The number of nitrogens with two attached hydrogens (primary N) is 1. The average Bonchev–Trinajstić information content (AvgIpc) is 2.55. The molecule has 0 heterocycles. The maximum atomic E-state index is 11.3. The van der Waals surface area contributed by atoms with Gasteiger partial charge in [0.2, 0.25) is 0 Å². The van der Waals surface area contributed by atoms with Gasteiger partial charge in [-0.1, -0.05) is 35.9 Å². The number of carbonyl (C=O) groups is 1. The fraction of sp³-hybridized carbons (Fsp3) is 0.111. The van der Waals surface area contributed by atoms with Gasteiger partial charge in [-0.25, -0.2) is 0 Å². The second kappa shape index (κ2) is 7.48. The van der Waals surface area contributed by atoms with Crippen molar-refractivity contribution < 1.29 is 9.53 Å². The fourth-order valence-electron chi connectivity index (χ4n) is 2.16. The molecule has 0 radical (unpaired) electrons. The summed E-state index contributed by atoms with van der Waals surface area (Å²) in [5, 5.41) is 9.67. The van der Waals surface area contributed by atoms with Crippen LogP contribution in [0.3, 0.4) is 0 Å². The third-order valence-corrected chi connectivity index (χ3v) is 3.74. The van der Waals surface area contributed by atoms with Gasteiger partial charge >= 0.3 is 0 Å². The molecule has 0 spiro atoms. The zero-order valence-corrected chi connectivity index (χ0v) is 13.3. The minimum absolute atomic E-state index is 0.101. The van der Waals surface area contributed by atoms with Crippen molar-refractivity contribution in [3.05, 3.63) is 69.8 Å². The van der Waals surface area contributed by atoms with Crippen LogP contribution in [0.25, 0.3) is 6.08 Å². The van der Waals surface area contributed by atoms with Gasteiger partial charge in [-0.3, -0.25) is 4.79 Å². The van der Waals surface area contributed by atoms with Crippen molar-refractivity contribution in [1.82, 2.24) is 0 Å². The molecular formula is C18H15ClN2O2. The summed E-state index contributed by atoms with van der Waals surface area (Å²) in [5.74, 6) is -0.0752. The summed E-state index contributed by atoms with van der Waals surface area (Å²) in [7, 11) is 1.58. The Morgan fingerprint density at radius 3 is 2.65 bits per heavy atom. The summed E-state index contributed by atoms with van der Waals surface area (Å²) in [4.78, 5) is 11.3. The van der Waals surface area contributed by atoms with Gasteiger partial charge < -0.3 is 10.5 Å². The number of hydrogen-bond donors (Lipinski definition) is 1. The fourth-order valence-corrected chi connectivity index (χ4v) is 2.37. The first-order chi connectivity index (χ1) is 11.0. The molecule has 2 N–H and O–H groups in total. The van der Waals surface area contributed by atoms with Crippen molar-refractivity contribution >= 4 is 23.6 Å². The van der Waals surface area contributed by atoms with Crippen LogP contribution in [0.15, 0.2) is 48.0 Å². The van der Waals surface area contributed by atoms with E-state index in [9.17, 15) is 4.79 Å². The maximum Gasteiger partial charge on any atom is 0.259 e. The van der Waals surface area contributed by atoms with Crippen molar-refractivity contribution in [2.75, 3.05) is 7.11 Å². The Hall–Kier alpha value is -2.77. The number of nitrogens with zero attached hydrogens (tertiary/aromatic N) is 1. The quantitative estimate of drug-likeness (QED) is 0.676. The second-order valence-corrected chi connectivity index (χ2v) is 5.27. The van der Waals surface area contributed by atoms with Gasteiger partial charge in [0.15, 0.2) is 0 Å². The monoisotopic (exact) mass is 326 g/mol. The maximum absolute atomic E-state index is 11.3. The third-order valence-electron chi connectivity index (χ3n) is 3.37. The summed E-state index contributed by atoms with van der Waals surface area (Å²) in [6.07, 6.45) is 2.02. The molecule has 0 bridgehead atoms. The van der Waals surface area contributed by atoms with E-state index in [-0.39, 0.29) is 5.57 Å². The average molecular weight is 327 g/mol. The Labute approximate surface area is 139 Å². The molecule has 5 heteroatoms. The van der Waals surface area contributed by atoms with E-state index in [2.05, 4.69) is 0 Å². The van der Waals surface area contributed by atoms with Gasteiger partial charge in [0.1, 0.15) is 17.4 Å². The lowest BCUT2D eigenvalue weighted by molar-refractivity contribution is -0.114. The summed E-state index contributed by atoms with van der Waals surface area (Å²) < 4.78 is 5.25. The lowest BCUT2D eigenvalue weighted by Crippen LogP contribution is -2.12. The normalized spacial score (nSPS) is 10.9. The highest BCUT2D eigenvalue weighted by molar-refractivity contribution is 6.31. The van der Waals surface area contributed by atoms with Crippen molar-refractivity contribution in [3.63, 3.8) is 0 Å². The van der Waals surface area contributed by atoms with Crippen LogP contribution in [0.5, 0.6) is 5.75 Å². The van der Waals surface area contributed by atoms with Crippen molar-refractivity contribution in [2.45, 2.75) is 6.42 Å². The smallest absolute Gasteiger partial charge is 0.259 e. The Kier molecular flexibility index (Phi) is 5.40. The first kappa shape index (κ1) is 16.6. The third kappa shape index (κ3) is 4.12. The molecule has 0 aliphatic rings. The van der Waals surface area contributed by atoms with Crippen LogP contribution in [-0.2, 0) is 11.2 Å². The highest BCUT2D eigenvalue weighted by Crippen LogP contribution is 2.25. The zero-order valence-electron chi connectivity index (χ0n) is 12.5. The Bertz CT molecular complexity index is 807. The minimum Gasteiger partial charge on any atom is -0.497 e. The van der Waals surface area contributed by atoms with E-state index in [0.717, 1.165) is 16.7 Å². The number of carbonyl (C=O) groups excluding carboxylic acids is 1. The van der Waals surface area contributed by atoms with Crippen LogP contribution >= 0.6 is 11.6 Å². The largest absolute Gasteiger partial charge is 0.497 e. The van der Waals surface area contributed by atoms with E-state index in [1.807, 2.05) is 36.4 Å². The first-order valence-corrected chi connectivity index (χ1v) is 7.25. The molecule has 0 aromatic heterocycles. The van der Waals surface area contributed by atoms with Crippen molar-refractivity contribution in [3.8, 4) is 11.8 Å². The second-order valence-electron chi connectivity index (χ2n) is 4.87. The molecule has 0 fully saturated rings. The van der Waals surface area contributed by atoms with Crippen molar-refractivity contribution in [1.29, 1.82) is 5.26 Å². The molecule has 1 amide bonds. The number of primary amides is 1. The molecule has 2 aromatic rings. The van der Waals surface area contributed by atoms with Crippen LogP contribution in [-0.4, -0.2) is 13.0 Å². The molecule has 116 valence electrons. The Morgan fingerprint density at radius 1 is 1.30 bits per heavy atom. The van der Waals surface area contributed by atoms with E-state index in [1.54, 1.807) is 19.2 Å². The molecule has 2 rings (SSSR count). The standard InChI is InChI=1S/C18H15ClN2O2/c1-23-16-7-6-12(8-15(11-20)18(21)22)14(10-16)9-13-4-2-3-5-17(13)19/h2-8,10H,9H2,1H3,(H2,21,22)/b15-8+. The van der Waals surface area contributed by atoms with Crippen LogP contribution < -0.4 is 10.5 Å². The zero-order chi connectivity index (χ0) is 16.8. The lowest BCUT2D eigenvalue weighted by Gasteiger charge is -2.10. The predicted molar refractivity (Wildman–Crippen MR) is 90.0 cm³/mol. The SMILES string of the molecule is COc1ccc(/C=C(\C#N)C(N)=O)c(Cc2ccccc2Cl)c1. The van der Waals surface area contributed by atoms with E-state index >= 15 is 0 Å². The highest BCUT2D eigenvalue weighted by atomic mass is 35.5. The summed E-state index contributed by atoms with van der Waals surface area (Å²) in [5.41, 5.74) is 7.64. The first-order valence-electron chi connectivity index (χ1n) is 6.87. The molecule has 4 nitrogen and oxygen atoms in total. The molecule has 2 aromatic carbocycles. The van der Waals surface area contributed by atoms with Gasteiger partial charge in [-0.05, 0) is 47.4 Å². The Balaban J connectivity index is 2.50. The number of nitriles is 1. The predicted octanol–water partition coefficient (Wildman–Crippen LogP) is 3.33. The van der Waals surface area contributed by atoms with Gasteiger partial charge in [0.25, 0.3) is 5.91 Å². The molecule has 0 aliphatic heterocycles. The van der Waals surface area contributed by atoms with E-state index in [4.69, 9.17) is 27.3 Å². The van der Waals surface area contributed by atoms with E-state index in [1.165, 1.54) is 6.08 Å².